The molecule has 0 unspecified atom stereocenters. The van der Waals surface area contributed by atoms with E-state index in [1.165, 1.54) is 22.7 Å². The van der Waals surface area contributed by atoms with Gasteiger partial charge in [0.05, 0.1) is 23.7 Å². The van der Waals surface area contributed by atoms with Gasteiger partial charge in [0, 0.05) is 36.0 Å². The van der Waals surface area contributed by atoms with Crippen molar-refractivity contribution < 1.29 is 14.3 Å². The molecule has 8 nitrogen and oxygen atoms in total. The molecule has 28 heavy (non-hydrogen) atoms. The van der Waals surface area contributed by atoms with Crippen LogP contribution in [-0.2, 0) is 4.79 Å². The van der Waals surface area contributed by atoms with E-state index < -0.39 is 5.63 Å². The molecule has 3 heterocycles. The van der Waals surface area contributed by atoms with Gasteiger partial charge in [0.15, 0.2) is 5.17 Å². The molecule has 0 radical (unpaired) electrons. The number of imidazole rings is 1. The smallest absolute Gasteiger partial charge is 0.336 e. The average molecular weight is 396 g/mol. The van der Waals surface area contributed by atoms with E-state index >= 15 is 0 Å². The number of β-amino-alcohol motifs (C(OH)–C–C–N with tert-alkyl or cyclic N) is 1. The van der Waals surface area contributed by atoms with Gasteiger partial charge in [-0.3, -0.25) is 9.69 Å². The Kier molecular flexibility index (Phi) is 4.84. The lowest BCUT2D eigenvalue weighted by Gasteiger charge is -2.13. The summed E-state index contributed by atoms with van der Waals surface area (Å²) in [6.07, 6.45) is 4.91. The SMILES string of the molecule is Cc1cc(=O)oc2cc(N=C3S/C(=C\c4ncc[nH]4)C(=O)N3CCO)ccc12. The summed E-state index contributed by atoms with van der Waals surface area (Å²) in [6, 6.07) is 6.71. The number of amides is 1. The number of thioether (sulfide) groups is 1. The summed E-state index contributed by atoms with van der Waals surface area (Å²) < 4.78 is 5.26. The predicted molar refractivity (Wildman–Crippen MR) is 107 cm³/mol. The van der Waals surface area contributed by atoms with E-state index in [4.69, 9.17) is 4.42 Å². The van der Waals surface area contributed by atoms with Crippen molar-refractivity contribution in [2.24, 2.45) is 4.99 Å². The summed E-state index contributed by atoms with van der Waals surface area (Å²) in [5.74, 6) is 0.307. The number of amidine groups is 1. The minimum atomic E-state index is -0.425. The van der Waals surface area contributed by atoms with Crippen molar-refractivity contribution in [3.63, 3.8) is 0 Å². The molecular formula is C19H16N4O4S. The molecule has 1 amide bonds. The van der Waals surface area contributed by atoms with Crippen LogP contribution in [0.4, 0.5) is 5.69 Å². The highest BCUT2D eigenvalue weighted by Gasteiger charge is 2.33. The van der Waals surface area contributed by atoms with E-state index in [-0.39, 0.29) is 19.1 Å². The molecule has 0 bridgehead atoms. The van der Waals surface area contributed by atoms with Gasteiger partial charge >= 0.3 is 5.63 Å². The molecule has 2 aromatic heterocycles. The van der Waals surface area contributed by atoms with E-state index in [0.29, 0.717) is 27.2 Å². The maximum absolute atomic E-state index is 12.7. The van der Waals surface area contributed by atoms with Crippen LogP contribution in [0.5, 0.6) is 0 Å². The predicted octanol–water partition coefficient (Wildman–Crippen LogP) is 2.42. The number of aliphatic hydroxyl groups excluding tert-OH is 1. The fraction of sp³-hybridized carbons (Fsp3) is 0.158. The Labute approximate surface area is 163 Å². The van der Waals surface area contributed by atoms with Crippen molar-refractivity contribution in [2.45, 2.75) is 6.92 Å². The molecule has 0 saturated carbocycles. The van der Waals surface area contributed by atoms with Crippen LogP contribution in [0.25, 0.3) is 17.0 Å². The number of aromatic amines is 1. The highest BCUT2D eigenvalue weighted by Crippen LogP contribution is 2.34. The normalized spacial score (nSPS) is 17.4. The van der Waals surface area contributed by atoms with Crippen molar-refractivity contribution >= 4 is 45.6 Å². The third-order valence-corrected chi connectivity index (χ3v) is 5.17. The molecule has 1 aromatic carbocycles. The van der Waals surface area contributed by atoms with E-state index in [0.717, 1.165) is 10.9 Å². The van der Waals surface area contributed by atoms with Crippen LogP contribution < -0.4 is 5.63 Å². The molecule has 0 aliphatic carbocycles. The van der Waals surface area contributed by atoms with Crippen molar-refractivity contribution in [1.29, 1.82) is 0 Å². The standard InChI is InChI=1S/C19H16N4O4S/c1-11-8-17(25)27-14-9-12(2-3-13(11)14)22-19-23(6-7-24)18(26)15(28-19)10-16-20-4-5-21-16/h2-5,8-10,24H,6-7H2,1H3,(H,20,21)/b15-10-,22-19?. The van der Waals surface area contributed by atoms with Gasteiger partial charge in [0.2, 0.25) is 0 Å². The number of hydrogen-bond donors (Lipinski definition) is 2. The lowest BCUT2D eigenvalue weighted by molar-refractivity contribution is -0.122. The Bertz CT molecular complexity index is 1160. The molecule has 142 valence electrons. The van der Waals surface area contributed by atoms with Crippen molar-refractivity contribution in [3.05, 3.63) is 63.4 Å². The lowest BCUT2D eigenvalue weighted by atomic mass is 10.1. The van der Waals surface area contributed by atoms with Gasteiger partial charge < -0.3 is 14.5 Å². The zero-order valence-corrected chi connectivity index (χ0v) is 15.7. The molecule has 1 saturated heterocycles. The Morgan fingerprint density at radius 1 is 1.36 bits per heavy atom. The van der Waals surface area contributed by atoms with Gasteiger partial charge in [-0.05, 0) is 36.4 Å². The van der Waals surface area contributed by atoms with Crippen molar-refractivity contribution in [1.82, 2.24) is 14.9 Å². The van der Waals surface area contributed by atoms with E-state index in [9.17, 15) is 14.7 Å². The van der Waals surface area contributed by atoms with Crippen LogP contribution in [0.2, 0.25) is 0 Å². The Morgan fingerprint density at radius 2 is 2.21 bits per heavy atom. The van der Waals surface area contributed by atoms with Gasteiger partial charge in [0.25, 0.3) is 5.91 Å². The fourth-order valence-corrected chi connectivity index (χ4v) is 3.86. The monoisotopic (exact) mass is 396 g/mol. The summed E-state index contributed by atoms with van der Waals surface area (Å²) in [5.41, 5.74) is 1.37. The zero-order valence-electron chi connectivity index (χ0n) is 14.9. The maximum atomic E-state index is 12.7. The Hall–Kier alpha value is -3.17. The minimum absolute atomic E-state index is 0.127. The van der Waals surface area contributed by atoms with Gasteiger partial charge in [-0.25, -0.2) is 14.8 Å². The molecule has 0 atom stereocenters. The van der Waals surface area contributed by atoms with Crippen LogP contribution in [0.15, 0.2) is 55.8 Å². The molecule has 2 N–H and O–H groups in total. The van der Waals surface area contributed by atoms with Crippen molar-refractivity contribution in [2.75, 3.05) is 13.2 Å². The van der Waals surface area contributed by atoms with Crippen LogP contribution in [-0.4, -0.2) is 44.2 Å². The number of aromatic nitrogens is 2. The number of fused-ring (bicyclic) bond motifs is 1. The number of benzene rings is 1. The molecule has 1 fully saturated rings. The first-order chi connectivity index (χ1) is 13.5. The van der Waals surface area contributed by atoms with E-state index in [1.54, 1.807) is 30.6 Å². The maximum Gasteiger partial charge on any atom is 0.336 e. The molecule has 9 heteroatoms. The largest absolute Gasteiger partial charge is 0.423 e. The van der Waals surface area contributed by atoms with Gasteiger partial charge in [0.1, 0.15) is 11.4 Å². The van der Waals surface area contributed by atoms with Crippen LogP contribution in [0.3, 0.4) is 0 Å². The second-order valence-electron chi connectivity index (χ2n) is 6.09. The second kappa shape index (κ2) is 7.45. The molecule has 3 aromatic rings. The number of H-pyrrole nitrogens is 1. The highest BCUT2D eigenvalue weighted by atomic mass is 32.2. The van der Waals surface area contributed by atoms with Gasteiger partial charge in [-0.15, -0.1) is 0 Å². The van der Waals surface area contributed by atoms with E-state index in [2.05, 4.69) is 15.0 Å². The molecule has 4 rings (SSSR count). The average Bonchev–Trinajstić information content (AvgIpc) is 3.26. The number of nitrogens with one attached hydrogen (secondary N) is 1. The summed E-state index contributed by atoms with van der Waals surface area (Å²) in [6.45, 7) is 1.78. The number of carbonyl (C=O) groups excluding carboxylic acids is 1. The summed E-state index contributed by atoms with van der Waals surface area (Å²) in [4.78, 5) is 37.7. The van der Waals surface area contributed by atoms with Crippen LogP contribution >= 0.6 is 11.8 Å². The number of aliphatic hydroxyl groups is 1. The number of aliphatic imine (C=N–C) groups is 1. The number of carbonyl (C=O) groups is 1. The Balaban J connectivity index is 1.73. The summed E-state index contributed by atoms with van der Waals surface area (Å²) in [5, 5.41) is 10.6. The Morgan fingerprint density at radius 3 is 2.96 bits per heavy atom. The molecule has 1 aliphatic heterocycles. The van der Waals surface area contributed by atoms with Crippen LogP contribution in [0, 0.1) is 6.92 Å². The van der Waals surface area contributed by atoms with E-state index in [1.807, 2.05) is 13.0 Å². The first kappa shape index (κ1) is 18.2. The topological polar surface area (TPSA) is 112 Å². The summed E-state index contributed by atoms with van der Waals surface area (Å²) in [7, 11) is 0. The fourth-order valence-electron chi connectivity index (χ4n) is 2.86. The summed E-state index contributed by atoms with van der Waals surface area (Å²) >= 11 is 1.20. The second-order valence-corrected chi connectivity index (χ2v) is 7.10. The molecular weight excluding hydrogens is 380 g/mol. The number of rotatable bonds is 4. The van der Waals surface area contributed by atoms with Gasteiger partial charge in [-0.1, -0.05) is 0 Å². The quantitative estimate of drug-likeness (QED) is 0.517. The number of aryl methyl sites for hydroxylation is 1. The lowest BCUT2D eigenvalue weighted by Crippen LogP contribution is -2.31. The molecule has 0 spiro atoms. The highest BCUT2D eigenvalue weighted by molar-refractivity contribution is 8.18. The third-order valence-electron chi connectivity index (χ3n) is 4.16. The first-order valence-corrected chi connectivity index (χ1v) is 9.31. The number of hydrogen-bond acceptors (Lipinski definition) is 7. The van der Waals surface area contributed by atoms with Gasteiger partial charge in [-0.2, -0.15) is 0 Å². The third kappa shape index (κ3) is 3.49. The zero-order chi connectivity index (χ0) is 19.7. The molecule has 1 aliphatic rings. The first-order valence-electron chi connectivity index (χ1n) is 8.50. The number of nitrogens with zero attached hydrogens (tertiary/aromatic N) is 3. The van der Waals surface area contributed by atoms with Crippen LogP contribution in [0.1, 0.15) is 11.4 Å². The van der Waals surface area contributed by atoms with Crippen molar-refractivity contribution in [3.8, 4) is 0 Å². The minimum Gasteiger partial charge on any atom is -0.423 e.